The maximum absolute atomic E-state index is 14.7. The van der Waals surface area contributed by atoms with Crippen molar-refractivity contribution < 1.29 is 14.0 Å². The normalized spacial score (nSPS) is 13.5. The van der Waals surface area contributed by atoms with E-state index in [1.54, 1.807) is 43.5 Å². The summed E-state index contributed by atoms with van der Waals surface area (Å²) in [5.74, 6) is -1.42. The molecule has 0 saturated heterocycles. The van der Waals surface area contributed by atoms with E-state index in [1.165, 1.54) is 0 Å². The van der Waals surface area contributed by atoms with Crippen LogP contribution in [0.1, 0.15) is 33.2 Å². The summed E-state index contributed by atoms with van der Waals surface area (Å²) >= 11 is 0. The summed E-state index contributed by atoms with van der Waals surface area (Å²) < 4.78 is 14.7. The van der Waals surface area contributed by atoms with Crippen LogP contribution in [-0.2, 0) is 0 Å². The highest BCUT2D eigenvalue weighted by atomic mass is 19.1. The van der Waals surface area contributed by atoms with Crippen molar-refractivity contribution in [2.75, 3.05) is 17.2 Å². The van der Waals surface area contributed by atoms with E-state index in [0.717, 1.165) is 21.9 Å². The molecule has 172 valence electrons. The van der Waals surface area contributed by atoms with Crippen LogP contribution in [0.4, 0.5) is 21.7 Å². The number of nitriles is 1. The van der Waals surface area contributed by atoms with Crippen molar-refractivity contribution in [2.24, 2.45) is 0 Å². The molecule has 2 aromatic carbocycles. The van der Waals surface area contributed by atoms with Gasteiger partial charge in [0.15, 0.2) is 17.5 Å². The highest BCUT2D eigenvalue weighted by Crippen LogP contribution is 2.27. The number of nitrogens with zero attached hydrogens (tertiary/aromatic N) is 4. The van der Waals surface area contributed by atoms with Crippen molar-refractivity contribution >= 4 is 40.0 Å². The van der Waals surface area contributed by atoms with E-state index in [9.17, 15) is 19.2 Å². The molecule has 9 heteroatoms. The predicted octanol–water partition coefficient (Wildman–Crippen LogP) is 4.48. The number of halogens is 1. The third-order valence-corrected chi connectivity index (χ3v) is 5.68. The average Bonchev–Trinajstić information content (AvgIpc) is 3.10. The van der Waals surface area contributed by atoms with E-state index >= 15 is 0 Å². The van der Waals surface area contributed by atoms with Crippen molar-refractivity contribution in [1.29, 1.82) is 5.26 Å². The molecule has 2 N–H and O–H groups in total. The van der Waals surface area contributed by atoms with Gasteiger partial charge in [0, 0.05) is 29.9 Å². The van der Waals surface area contributed by atoms with E-state index in [2.05, 4.69) is 20.6 Å². The van der Waals surface area contributed by atoms with Crippen molar-refractivity contribution in [3.8, 4) is 6.07 Å². The maximum atomic E-state index is 14.7. The number of rotatable bonds is 6. The monoisotopic (exact) mass is 466 g/mol. The Morgan fingerprint density at radius 3 is 2.49 bits per heavy atom. The van der Waals surface area contributed by atoms with Crippen LogP contribution in [0.2, 0.25) is 0 Å². The first-order chi connectivity index (χ1) is 16.9. The summed E-state index contributed by atoms with van der Waals surface area (Å²) in [5.41, 5.74) is 2.21. The number of benzene rings is 2. The zero-order valence-electron chi connectivity index (χ0n) is 18.6. The first kappa shape index (κ1) is 22.0. The Balaban J connectivity index is 1.36. The average molecular weight is 466 g/mol. The largest absolute Gasteiger partial charge is 0.363 e. The highest BCUT2D eigenvalue weighted by Gasteiger charge is 2.35. The minimum absolute atomic E-state index is 0.0217. The molecule has 1 atom stereocenters. The van der Waals surface area contributed by atoms with Gasteiger partial charge in [-0.15, -0.1) is 0 Å². The fourth-order valence-electron chi connectivity index (χ4n) is 4.02. The number of amides is 2. The van der Waals surface area contributed by atoms with Gasteiger partial charge in [0.2, 0.25) is 0 Å². The Labute approximate surface area is 200 Å². The molecule has 0 radical (unpaired) electrons. The molecule has 4 aromatic rings. The van der Waals surface area contributed by atoms with Gasteiger partial charge in [-0.05, 0) is 49.4 Å². The van der Waals surface area contributed by atoms with E-state index in [0.29, 0.717) is 16.8 Å². The van der Waals surface area contributed by atoms with Crippen LogP contribution in [0.25, 0.3) is 10.9 Å². The number of imide groups is 1. The molecule has 1 aliphatic rings. The minimum atomic E-state index is -0.718. The molecule has 0 unspecified atom stereocenters. The van der Waals surface area contributed by atoms with Gasteiger partial charge in [-0.1, -0.05) is 18.2 Å². The van der Waals surface area contributed by atoms with Crippen LogP contribution >= 0.6 is 0 Å². The van der Waals surface area contributed by atoms with E-state index < -0.39 is 11.9 Å². The summed E-state index contributed by atoms with van der Waals surface area (Å²) in [6.45, 7) is 1.74. The third-order valence-electron chi connectivity index (χ3n) is 5.68. The van der Waals surface area contributed by atoms with Crippen LogP contribution in [0.3, 0.4) is 0 Å². The van der Waals surface area contributed by atoms with E-state index in [1.807, 2.05) is 30.3 Å². The zero-order chi connectivity index (χ0) is 24.5. The van der Waals surface area contributed by atoms with E-state index in [4.69, 9.17) is 0 Å². The fourth-order valence-corrected chi connectivity index (χ4v) is 4.02. The third kappa shape index (κ3) is 4.13. The van der Waals surface area contributed by atoms with Crippen LogP contribution in [-0.4, -0.2) is 39.3 Å². The standard InChI is InChI=1S/C26H19FN6O2/c1-15(14-33-25(34)19-6-2-3-7-20(19)26(33)35)30-24-21(27)12-17(13-28)23(32-24)31-18-8-9-22-16(11-18)5-4-10-29-22/h2-12,15H,14H2,1H3,(H2,30,31,32)/t15-/m1/s1. The van der Waals surface area contributed by atoms with Gasteiger partial charge >= 0.3 is 0 Å². The van der Waals surface area contributed by atoms with Gasteiger partial charge in [-0.3, -0.25) is 19.5 Å². The number of hydrogen-bond acceptors (Lipinski definition) is 7. The number of hydrogen-bond donors (Lipinski definition) is 2. The summed E-state index contributed by atoms with van der Waals surface area (Å²) in [6.07, 6.45) is 1.70. The predicted molar refractivity (Wildman–Crippen MR) is 129 cm³/mol. The van der Waals surface area contributed by atoms with Gasteiger partial charge in [-0.25, -0.2) is 9.37 Å². The highest BCUT2D eigenvalue weighted by molar-refractivity contribution is 6.21. The van der Waals surface area contributed by atoms with Gasteiger partial charge in [0.05, 0.1) is 22.2 Å². The summed E-state index contributed by atoms with van der Waals surface area (Å²) in [6, 6.07) is 18.4. The second kappa shape index (κ2) is 8.83. The number of carbonyl (C=O) groups excluding carboxylic acids is 2. The number of anilines is 3. The Kier molecular flexibility index (Phi) is 5.55. The molecule has 2 aromatic heterocycles. The molecule has 0 spiro atoms. The quantitative estimate of drug-likeness (QED) is 0.403. The Bertz CT molecular complexity index is 1500. The lowest BCUT2D eigenvalue weighted by molar-refractivity contribution is 0.0649. The first-order valence-electron chi connectivity index (χ1n) is 10.9. The number of fused-ring (bicyclic) bond motifs is 2. The maximum Gasteiger partial charge on any atom is 0.261 e. The molecule has 0 saturated carbocycles. The summed E-state index contributed by atoms with van der Waals surface area (Å²) in [7, 11) is 0. The van der Waals surface area contributed by atoms with Gasteiger partial charge in [0.1, 0.15) is 6.07 Å². The Morgan fingerprint density at radius 1 is 1.03 bits per heavy atom. The number of pyridine rings is 2. The molecule has 0 fully saturated rings. The minimum Gasteiger partial charge on any atom is -0.363 e. The van der Waals surface area contributed by atoms with Crippen LogP contribution in [0.5, 0.6) is 0 Å². The topological polar surface area (TPSA) is 111 Å². The molecular weight excluding hydrogens is 447 g/mol. The van der Waals surface area contributed by atoms with Crippen LogP contribution < -0.4 is 10.6 Å². The lowest BCUT2D eigenvalue weighted by Crippen LogP contribution is -2.39. The Hall–Kier alpha value is -4.84. The second-order valence-electron chi connectivity index (χ2n) is 8.17. The molecule has 1 aliphatic heterocycles. The van der Waals surface area contributed by atoms with Gasteiger partial charge in [-0.2, -0.15) is 5.26 Å². The van der Waals surface area contributed by atoms with Crippen molar-refractivity contribution in [3.63, 3.8) is 0 Å². The molecule has 0 aliphatic carbocycles. The number of carbonyl (C=O) groups is 2. The molecule has 5 rings (SSSR count). The second-order valence-corrected chi connectivity index (χ2v) is 8.17. The first-order valence-corrected chi connectivity index (χ1v) is 10.9. The Morgan fingerprint density at radius 2 is 1.77 bits per heavy atom. The molecule has 8 nitrogen and oxygen atoms in total. The molecule has 2 amide bonds. The number of nitrogens with one attached hydrogen (secondary N) is 2. The smallest absolute Gasteiger partial charge is 0.261 e. The molecule has 0 bridgehead atoms. The fraction of sp³-hybridized carbons (Fsp3) is 0.115. The molecule has 35 heavy (non-hydrogen) atoms. The van der Waals surface area contributed by atoms with Crippen LogP contribution in [0, 0.1) is 17.1 Å². The summed E-state index contributed by atoms with van der Waals surface area (Å²) in [4.78, 5) is 35.0. The SMILES string of the molecule is C[C@H](CN1C(=O)c2ccccc2C1=O)Nc1nc(Nc2ccc3ncccc3c2)c(C#N)cc1F. The van der Waals surface area contributed by atoms with Crippen molar-refractivity contribution in [2.45, 2.75) is 13.0 Å². The van der Waals surface area contributed by atoms with Crippen LogP contribution in [0.15, 0.2) is 66.9 Å². The zero-order valence-corrected chi connectivity index (χ0v) is 18.6. The summed E-state index contributed by atoms with van der Waals surface area (Å²) in [5, 5.41) is 16.4. The van der Waals surface area contributed by atoms with Crippen molar-refractivity contribution in [1.82, 2.24) is 14.9 Å². The molecular formula is C26H19FN6O2. The number of aromatic nitrogens is 2. The lowest BCUT2D eigenvalue weighted by atomic mass is 10.1. The van der Waals surface area contributed by atoms with Gasteiger partial charge < -0.3 is 10.6 Å². The van der Waals surface area contributed by atoms with Gasteiger partial charge in [0.25, 0.3) is 11.8 Å². The van der Waals surface area contributed by atoms with Crippen molar-refractivity contribution in [3.05, 3.63) is 89.4 Å². The molecule has 3 heterocycles. The lowest BCUT2D eigenvalue weighted by Gasteiger charge is -2.21. The van der Waals surface area contributed by atoms with E-state index in [-0.39, 0.29) is 35.6 Å².